The minimum atomic E-state index is -0.172. The second kappa shape index (κ2) is 6.86. The predicted molar refractivity (Wildman–Crippen MR) is 89.6 cm³/mol. The molecule has 2 fully saturated rings. The number of carbonyl (C=O) groups is 1. The molecule has 2 saturated carbocycles. The lowest BCUT2D eigenvalue weighted by Gasteiger charge is -2.20. The summed E-state index contributed by atoms with van der Waals surface area (Å²) >= 11 is 0. The van der Waals surface area contributed by atoms with Crippen molar-refractivity contribution in [2.75, 3.05) is 7.11 Å². The topological polar surface area (TPSA) is 74.5 Å². The summed E-state index contributed by atoms with van der Waals surface area (Å²) in [4.78, 5) is 16.4. The van der Waals surface area contributed by atoms with E-state index in [0.717, 1.165) is 17.4 Å². The molecule has 1 aromatic carbocycles. The van der Waals surface area contributed by atoms with E-state index in [1.807, 2.05) is 24.3 Å². The maximum absolute atomic E-state index is 12.1. The molecule has 0 saturated heterocycles. The molecule has 0 aliphatic heterocycles. The van der Waals surface area contributed by atoms with Crippen LogP contribution in [0.2, 0.25) is 0 Å². The molecule has 132 valence electrons. The Morgan fingerprint density at radius 1 is 1.28 bits per heavy atom. The molecule has 6 nitrogen and oxygen atoms in total. The van der Waals surface area contributed by atoms with Gasteiger partial charge < -0.3 is 14.0 Å². The highest BCUT2D eigenvalue weighted by atomic mass is 16.6. The number of benzene rings is 1. The predicted octanol–water partition coefficient (Wildman–Crippen LogP) is 3.61. The average Bonchev–Trinajstić information content (AvgIpc) is 3.36. The van der Waals surface area contributed by atoms with E-state index in [4.69, 9.17) is 14.0 Å². The summed E-state index contributed by atoms with van der Waals surface area (Å²) in [7, 11) is 1.59. The number of esters is 1. The number of hydrogen-bond donors (Lipinski definition) is 0. The first-order valence-electron chi connectivity index (χ1n) is 8.84. The highest BCUT2D eigenvalue weighted by Crippen LogP contribution is 2.49. The van der Waals surface area contributed by atoms with Crippen LogP contribution >= 0.6 is 0 Å². The van der Waals surface area contributed by atoms with E-state index >= 15 is 0 Å². The number of methoxy groups -OCH3 is 1. The van der Waals surface area contributed by atoms with Crippen LogP contribution in [0.5, 0.6) is 5.75 Å². The van der Waals surface area contributed by atoms with Gasteiger partial charge in [-0.3, -0.25) is 4.79 Å². The lowest BCUT2D eigenvalue weighted by Crippen LogP contribution is -2.17. The maximum Gasteiger partial charge on any atom is 0.306 e. The van der Waals surface area contributed by atoms with E-state index in [9.17, 15) is 4.79 Å². The SMILES string of the molecule is COc1ccccc1-c1noc(COC(=O)C[C@H]2C[C@H]3CC[C@@H]2C3)n1. The number of rotatable bonds is 6. The van der Waals surface area contributed by atoms with Crippen molar-refractivity contribution in [1.29, 1.82) is 0 Å². The van der Waals surface area contributed by atoms with Crippen LogP contribution in [0.1, 0.15) is 38.0 Å². The Morgan fingerprint density at radius 3 is 2.92 bits per heavy atom. The number of ether oxygens (including phenoxy) is 2. The van der Waals surface area contributed by atoms with E-state index in [2.05, 4.69) is 10.1 Å². The van der Waals surface area contributed by atoms with E-state index in [1.54, 1.807) is 7.11 Å². The van der Waals surface area contributed by atoms with Gasteiger partial charge in [0.2, 0.25) is 5.82 Å². The Labute approximate surface area is 146 Å². The van der Waals surface area contributed by atoms with Gasteiger partial charge in [0.1, 0.15) is 5.75 Å². The Balaban J connectivity index is 1.33. The van der Waals surface area contributed by atoms with E-state index in [1.165, 1.54) is 25.7 Å². The first-order valence-corrected chi connectivity index (χ1v) is 8.84. The van der Waals surface area contributed by atoms with Crippen LogP contribution in [-0.2, 0) is 16.1 Å². The van der Waals surface area contributed by atoms with Gasteiger partial charge in [0.15, 0.2) is 6.61 Å². The molecule has 25 heavy (non-hydrogen) atoms. The smallest absolute Gasteiger partial charge is 0.306 e. The van der Waals surface area contributed by atoms with Gasteiger partial charge in [-0.05, 0) is 49.1 Å². The Kier molecular flexibility index (Phi) is 4.42. The summed E-state index contributed by atoms with van der Waals surface area (Å²) < 4.78 is 15.8. The number of para-hydroxylation sites is 1. The minimum Gasteiger partial charge on any atom is -0.496 e. The molecule has 4 rings (SSSR count). The van der Waals surface area contributed by atoms with Gasteiger partial charge >= 0.3 is 5.97 Å². The number of fused-ring (bicyclic) bond motifs is 2. The molecule has 3 atom stereocenters. The Bertz CT molecular complexity index is 757. The van der Waals surface area contributed by atoms with Crippen LogP contribution in [0.25, 0.3) is 11.4 Å². The highest BCUT2D eigenvalue weighted by molar-refractivity contribution is 5.69. The third-order valence-corrected chi connectivity index (χ3v) is 5.49. The molecule has 0 radical (unpaired) electrons. The monoisotopic (exact) mass is 342 g/mol. The fourth-order valence-electron chi connectivity index (χ4n) is 4.29. The van der Waals surface area contributed by atoms with Crippen LogP contribution < -0.4 is 4.74 Å². The van der Waals surface area contributed by atoms with Crippen molar-refractivity contribution >= 4 is 5.97 Å². The molecule has 2 bridgehead atoms. The zero-order valence-corrected chi connectivity index (χ0v) is 14.3. The van der Waals surface area contributed by atoms with Crippen LogP contribution in [0.3, 0.4) is 0 Å². The normalized spacial score (nSPS) is 24.4. The quantitative estimate of drug-likeness (QED) is 0.747. The molecule has 1 heterocycles. The van der Waals surface area contributed by atoms with Gasteiger partial charge in [-0.15, -0.1) is 0 Å². The van der Waals surface area contributed by atoms with Crippen molar-refractivity contribution in [3.8, 4) is 17.1 Å². The summed E-state index contributed by atoms with van der Waals surface area (Å²) in [6.45, 7) is 0.0157. The molecular weight excluding hydrogens is 320 g/mol. The largest absolute Gasteiger partial charge is 0.496 e. The average molecular weight is 342 g/mol. The summed E-state index contributed by atoms with van der Waals surface area (Å²) in [5.74, 6) is 3.27. The van der Waals surface area contributed by atoms with Gasteiger partial charge in [-0.2, -0.15) is 4.98 Å². The molecule has 0 amide bonds. The molecule has 2 aliphatic rings. The van der Waals surface area contributed by atoms with Gasteiger partial charge in [-0.1, -0.05) is 23.7 Å². The van der Waals surface area contributed by atoms with E-state index in [0.29, 0.717) is 29.8 Å². The maximum atomic E-state index is 12.1. The number of nitrogens with zero attached hydrogens (tertiary/aromatic N) is 2. The lowest BCUT2D eigenvalue weighted by atomic mass is 9.86. The zero-order valence-electron chi connectivity index (χ0n) is 14.3. The number of aromatic nitrogens is 2. The summed E-state index contributed by atoms with van der Waals surface area (Å²) in [6.07, 6.45) is 5.59. The summed E-state index contributed by atoms with van der Waals surface area (Å²) in [5.41, 5.74) is 0.744. The first-order chi connectivity index (χ1) is 12.2. The zero-order chi connectivity index (χ0) is 17.2. The highest BCUT2D eigenvalue weighted by Gasteiger charge is 2.40. The molecule has 0 spiro atoms. The van der Waals surface area contributed by atoms with E-state index < -0.39 is 0 Å². The van der Waals surface area contributed by atoms with E-state index in [-0.39, 0.29) is 12.6 Å². The first kappa shape index (κ1) is 16.1. The Hall–Kier alpha value is -2.37. The molecule has 1 aromatic heterocycles. The van der Waals surface area contributed by atoms with Crippen LogP contribution in [0.15, 0.2) is 28.8 Å². The molecule has 0 N–H and O–H groups in total. The third-order valence-electron chi connectivity index (χ3n) is 5.49. The van der Waals surface area contributed by atoms with Crippen molar-refractivity contribution < 1.29 is 18.8 Å². The minimum absolute atomic E-state index is 0.0157. The van der Waals surface area contributed by atoms with Crippen molar-refractivity contribution in [2.45, 2.75) is 38.7 Å². The van der Waals surface area contributed by atoms with Crippen molar-refractivity contribution in [3.05, 3.63) is 30.2 Å². The van der Waals surface area contributed by atoms with Crippen molar-refractivity contribution in [3.63, 3.8) is 0 Å². The summed E-state index contributed by atoms with van der Waals surface area (Å²) in [5, 5.41) is 3.95. The lowest BCUT2D eigenvalue weighted by molar-refractivity contribution is -0.147. The van der Waals surface area contributed by atoms with Gasteiger partial charge in [0.25, 0.3) is 5.89 Å². The fraction of sp³-hybridized carbons (Fsp3) is 0.526. The van der Waals surface area contributed by atoms with Gasteiger partial charge in [-0.25, -0.2) is 0 Å². The molecule has 2 aliphatic carbocycles. The second-order valence-corrected chi connectivity index (χ2v) is 7.01. The van der Waals surface area contributed by atoms with Crippen LogP contribution in [0.4, 0.5) is 0 Å². The molecule has 0 unspecified atom stereocenters. The number of carbonyl (C=O) groups excluding carboxylic acids is 1. The second-order valence-electron chi connectivity index (χ2n) is 7.01. The number of hydrogen-bond acceptors (Lipinski definition) is 6. The van der Waals surface area contributed by atoms with Crippen LogP contribution in [-0.4, -0.2) is 23.2 Å². The third kappa shape index (κ3) is 3.38. The van der Waals surface area contributed by atoms with Gasteiger partial charge in [0.05, 0.1) is 12.7 Å². The standard InChI is InChI=1S/C19H22N2O4/c1-23-16-5-3-2-4-15(16)19-20-17(25-21-19)11-24-18(22)10-14-9-12-6-7-13(14)8-12/h2-5,12-14H,6-11H2,1H3/t12-,13+,14+/m0/s1. The molecule has 2 aromatic rings. The van der Waals surface area contributed by atoms with Crippen molar-refractivity contribution in [1.82, 2.24) is 10.1 Å². The fourth-order valence-corrected chi connectivity index (χ4v) is 4.29. The molecule has 6 heteroatoms. The Morgan fingerprint density at radius 2 is 2.16 bits per heavy atom. The van der Waals surface area contributed by atoms with Crippen molar-refractivity contribution in [2.24, 2.45) is 17.8 Å². The molecular formula is C19H22N2O4. The summed E-state index contributed by atoms with van der Waals surface area (Å²) in [6, 6.07) is 7.44. The van der Waals surface area contributed by atoms with Gasteiger partial charge in [0, 0.05) is 6.42 Å². The van der Waals surface area contributed by atoms with Crippen LogP contribution in [0, 0.1) is 17.8 Å².